The number of carboxylic acids is 1. The average molecular weight is 370 g/mol. The van der Waals surface area contributed by atoms with E-state index in [0.29, 0.717) is 44.3 Å². The minimum absolute atomic E-state index is 0.0868. The first-order valence-corrected chi connectivity index (χ1v) is 8.76. The van der Waals surface area contributed by atoms with Gasteiger partial charge in [-0.2, -0.15) is 0 Å². The highest BCUT2D eigenvalue weighted by Crippen LogP contribution is 2.27. The molecule has 142 valence electrons. The average Bonchev–Trinajstić information content (AvgIpc) is 2.68. The fourth-order valence-corrected chi connectivity index (χ4v) is 2.77. The van der Waals surface area contributed by atoms with Gasteiger partial charge in [0.1, 0.15) is 12.4 Å². The lowest BCUT2D eigenvalue weighted by Gasteiger charge is -2.26. The minimum Gasteiger partial charge on any atom is -0.487 e. The second-order valence-corrected chi connectivity index (χ2v) is 6.23. The van der Waals surface area contributed by atoms with Crippen molar-refractivity contribution < 1.29 is 24.2 Å². The van der Waals surface area contributed by atoms with Crippen LogP contribution in [0.25, 0.3) is 0 Å². The van der Waals surface area contributed by atoms with E-state index in [-0.39, 0.29) is 18.0 Å². The Morgan fingerprint density at radius 3 is 2.56 bits per heavy atom. The van der Waals surface area contributed by atoms with Gasteiger partial charge in [0.05, 0.1) is 31.0 Å². The maximum absolute atomic E-state index is 12.4. The summed E-state index contributed by atoms with van der Waals surface area (Å²) < 4.78 is 11.1. The molecule has 7 heteroatoms. The number of ether oxygens (including phenoxy) is 2. The van der Waals surface area contributed by atoms with Crippen molar-refractivity contribution in [1.82, 2.24) is 4.90 Å². The Balaban J connectivity index is 1.70. The van der Waals surface area contributed by atoms with Crippen molar-refractivity contribution in [2.24, 2.45) is 0 Å². The number of nitrogens with one attached hydrogen (secondary N) is 1. The second kappa shape index (κ2) is 9.16. The van der Waals surface area contributed by atoms with Gasteiger partial charge >= 0.3 is 5.97 Å². The highest BCUT2D eigenvalue weighted by atomic mass is 16.5. The van der Waals surface area contributed by atoms with Crippen molar-refractivity contribution in [2.45, 2.75) is 6.61 Å². The molecular formula is C20H22N2O5. The third-order valence-electron chi connectivity index (χ3n) is 4.21. The molecule has 0 radical (unpaired) electrons. The van der Waals surface area contributed by atoms with E-state index in [0.717, 1.165) is 5.56 Å². The molecule has 27 heavy (non-hydrogen) atoms. The van der Waals surface area contributed by atoms with E-state index in [1.165, 1.54) is 12.1 Å². The molecule has 1 heterocycles. The predicted molar refractivity (Wildman–Crippen MR) is 100 cm³/mol. The molecule has 0 aliphatic carbocycles. The van der Waals surface area contributed by atoms with Crippen LogP contribution in [-0.2, 0) is 16.1 Å². The highest BCUT2D eigenvalue weighted by molar-refractivity contribution is 5.96. The van der Waals surface area contributed by atoms with Gasteiger partial charge in [-0.05, 0) is 23.8 Å². The predicted octanol–water partition coefficient (Wildman–Crippen LogP) is 2.23. The Morgan fingerprint density at radius 1 is 1.11 bits per heavy atom. The zero-order chi connectivity index (χ0) is 19.1. The summed E-state index contributed by atoms with van der Waals surface area (Å²) in [5.74, 6) is -0.850. The van der Waals surface area contributed by atoms with Crippen molar-refractivity contribution in [3.63, 3.8) is 0 Å². The van der Waals surface area contributed by atoms with E-state index in [1.54, 1.807) is 6.07 Å². The van der Waals surface area contributed by atoms with Gasteiger partial charge in [-0.15, -0.1) is 0 Å². The third-order valence-corrected chi connectivity index (χ3v) is 4.21. The SMILES string of the molecule is O=C(CN1CCOCC1)Nc1cc(C(=O)O)ccc1OCc1ccccc1. The molecule has 1 saturated heterocycles. The maximum atomic E-state index is 12.4. The van der Waals surface area contributed by atoms with Gasteiger partial charge in [-0.1, -0.05) is 30.3 Å². The summed E-state index contributed by atoms with van der Waals surface area (Å²) in [7, 11) is 0. The number of hydrogen-bond acceptors (Lipinski definition) is 5. The maximum Gasteiger partial charge on any atom is 0.335 e. The van der Waals surface area contributed by atoms with Crippen LogP contribution >= 0.6 is 0 Å². The number of benzene rings is 2. The number of anilines is 1. The smallest absolute Gasteiger partial charge is 0.335 e. The summed E-state index contributed by atoms with van der Waals surface area (Å²) >= 11 is 0. The van der Waals surface area contributed by atoms with E-state index in [1.807, 2.05) is 35.2 Å². The molecule has 1 fully saturated rings. The normalized spacial score (nSPS) is 14.5. The number of morpholine rings is 1. The number of carbonyl (C=O) groups is 2. The van der Waals surface area contributed by atoms with Gasteiger partial charge in [0.25, 0.3) is 0 Å². The number of carbonyl (C=O) groups excluding carboxylic acids is 1. The first-order valence-electron chi connectivity index (χ1n) is 8.76. The number of amides is 1. The Morgan fingerprint density at radius 2 is 1.85 bits per heavy atom. The standard InChI is InChI=1S/C20H22N2O5/c23-19(13-22-8-10-26-11-9-22)21-17-12-16(20(24)25)6-7-18(17)27-14-15-4-2-1-3-5-15/h1-7,12H,8-11,13-14H2,(H,21,23)(H,24,25). The van der Waals surface area contributed by atoms with Gasteiger partial charge in [-0.3, -0.25) is 9.69 Å². The Labute approximate surface area is 157 Å². The Kier molecular flexibility index (Phi) is 6.40. The third kappa shape index (κ3) is 5.54. The van der Waals surface area contributed by atoms with E-state index >= 15 is 0 Å². The van der Waals surface area contributed by atoms with Crippen LogP contribution in [0.2, 0.25) is 0 Å². The van der Waals surface area contributed by atoms with Crippen molar-refractivity contribution >= 4 is 17.6 Å². The topological polar surface area (TPSA) is 88.1 Å². The molecule has 0 atom stereocenters. The number of rotatable bonds is 7. The van der Waals surface area contributed by atoms with Crippen molar-refractivity contribution in [3.05, 3.63) is 59.7 Å². The zero-order valence-corrected chi connectivity index (χ0v) is 14.9. The van der Waals surface area contributed by atoms with Gasteiger partial charge in [-0.25, -0.2) is 4.79 Å². The van der Waals surface area contributed by atoms with Crippen LogP contribution in [0.4, 0.5) is 5.69 Å². The second-order valence-electron chi connectivity index (χ2n) is 6.23. The van der Waals surface area contributed by atoms with Crippen LogP contribution in [0.1, 0.15) is 15.9 Å². The fraction of sp³-hybridized carbons (Fsp3) is 0.300. The molecule has 1 aliphatic rings. The monoisotopic (exact) mass is 370 g/mol. The zero-order valence-electron chi connectivity index (χ0n) is 14.9. The van der Waals surface area contributed by atoms with E-state index in [9.17, 15) is 14.7 Å². The molecule has 0 saturated carbocycles. The van der Waals surface area contributed by atoms with E-state index in [2.05, 4.69) is 5.32 Å². The van der Waals surface area contributed by atoms with Crippen molar-refractivity contribution in [1.29, 1.82) is 0 Å². The molecule has 7 nitrogen and oxygen atoms in total. The van der Waals surface area contributed by atoms with Crippen molar-refractivity contribution in [3.8, 4) is 5.75 Å². The van der Waals surface area contributed by atoms with Crippen LogP contribution in [0.15, 0.2) is 48.5 Å². The van der Waals surface area contributed by atoms with Gasteiger partial charge in [0, 0.05) is 13.1 Å². The highest BCUT2D eigenvalue weighted by Gasteiger charge is 2.17. The molecule has 0 spiro atoms. The molecule has 2 aromatic rings. The lowest BCUT2D eigenvalue weighted by molar-refractivity contribution is -0.118. The first-order chi connectivity index (χ1) is 13.1. The largest absolute Gasteiger partial charge is 0.487 e. The Bertz CT molecular complexity index is 788. The number of carboxylic acid groups (broad SMARTS) is 1. The summed E-state index contributed by atoms with van der Waals surface area (Å²) in [4.78, 5) is 25.7. The van der Waals surface area contributed by atoms with Crippen LogP contribution in [0.3, 0.4) is 0 Å². The van der Waals surface area contributed by atoms with Crippen LogP contribution < -0.4 is 10.1 Å². The first kappa shape index (κ1) is 18.9. The molecule has 1 aliphatic heterocycles. The quantitative estimate of drug-likeness (QED) is 0.777. The number of hydrogen-bond donors (Lipinski definition) is 2. The Hall–Kier alpha value is -2.90. The molecule has 1 amide bonds. The van der Waals surface area contributed by atoms with E-state index < -0.39 is 5.97 Å². The molecule has 3 rings (SSSR count). The summed E-state index contributed by atoms with van der Waals surface area (Å²) in [6.07, 6.45) is 0. The number of nitrogens with zero attached hydrogens (tertiary/aromatic N) is 1. The number of aromatic carboxylic acids is 1. The lowest BCUT2D eigenvalue weighted by Crippen LogP contribution is -2.41. The molecule has 2 N–H and O–H groups in total. The van der Waals surface area contributed by atoms with Crippen LogP contribution in [0, 0.1) is 0 Å². The lowest BCUT2D eigenvalue weighted by atomic mass is 10.2. The summed E-state index contributed by atoms with van der Waals surface area (Å²) in [5.41, 5.74) is 1.42. The van der Waals surface area contributed by atoms with Gasteiger partial charge in [0.2, 0.25) is 5.91 Å². The molecule has 2 aromatic carbocycles. The fourth-order valence-electron chi connectivity index (χ4n) is 2.77. The van der Waals surface area contributed by atoms with Crippen LogP contribution in [-0.4, -0.2) is 54.7 Å². The van der Waals surface area contributed by atoms with E-state index in [4.69, 9.17) is 9.47 Å². The molecule has 0 aromatic heterocycles. The molecule has 0 unspecified atom stereocenters. The summed E-state index contributed by atoms with van der Waals surface area (Å²) in [6, 6.07) is 14.1. The van der Waals surface area contributed by atoms with Crippen LogP contribution in [0.5, 0.6) is 5.75 Å². The van der Waals surface area contributed by atoms with Crippen molar-refractivity contribution in [2.75, 3.05) is 38.2 Å². The van der Waals surface area contributed by atoms with Gasteiger partial charge in [0.15, 0.2) is 0 Å². The summed E-state index contributed by atoms with van der Waals surface area (Å²) in [6.45, 7) is 3.14. The molecular weight excluding hydrogens is 348 g/mol. The molecule has 0 bridgehead atoms. The summed E-state index contributed by atoms with van der Waals surface area (Å²) in [5, 5.41) is 12.0. The van der Waals surface area contributed by atoms with Gasteiger partial charge < -0.3 is 19.9 Å². The minimum atomic E-state index is -1.06.